The minimum Gasteiger partial charge on any atom is -0.477 e. The molecule has 1 fully saturated rings. The molecule has 112 valence electrons. The van der Waals surface area contributed by atoms with Crippen molar-refractivity contribution >= 4 is 22.0 Å². The highest BCUT2D eigenvalue weighted by atomic mass is 32.2. The molecule has 0 aliphatic heterocycles. The fraction of sp³-hybridized carbons (Fsp3) is 0.636. The van der Waals surface area contributed by atoms with Gasteiger partial charge >= 0.3 is 16.2 Å². The topological polar surface area (TPSA) is 115 Å². The van der Waals surface area contributed by atoms with E-state index in [1.165, 1.54) is 11.4 Å². The highest BCUT2D eigenvalue weighted by molar-refractivity contribution is 7.90. The van der Waals surface area contributed by atoms with Crippen molar-refractivity contribution in [1.82, 2.24) is 14.5 Å². The molecule has 0 atom stereocenters. The van der Waals surface area contributed by atoms with Crippen LogP contribution in [0.3, 0.4) is 0 Å². The first-order valence-electron chi connectivity index (χ1n) is 6.44. The molecular weight excluding hydrogens is 284 g/mol. The molecule has 1 aliphatic carbocycles. The summed E-state index contributed by atoms with van der Waals surface area (Å²) in [5, 5.41) is 14.6. The molecule has 1 heterocycles. The van der Waals surface area contributed by atoms with Crippen LogP contribution in [0.15, 0.2) is 6.07 Å². The van der Waals surface area contributed by atoms with Crippen LogP contribution in [0.4, 0.5) is 5.82 Å². The summed E-state index contributed by atoms with van der Waals surface area (Å²) in [7, 11) is -2.19. The second-order valence-corrected chi connectivity index (χ2v) is 6.62. The van der Waals surface area contributed by atoms with Gasteiger partial charge in [-0.05, 0) is 12.8 Å². The van der Waals surface area contributed by atoms with E-state index in [1.54, 1.807) is 0 Å². The van der Waals surface area contributed by atoms with Crippen LogP contribution in [-0.4, -0.2) is 47.1 Å². The van der Waals surface area contributed by atoms with Crippen molar-refractivity contribution in [3.8, 4) is 0 Å². The zero-order chi connectivity index (χ0) is 14.8. The van der Waals surface area contributed by atoms with Crippen LogP contribution in [0.2, 0.25) is 0 Å². The third-order valence-electron chi connectivity index (χ3n) is 3.51. The van der Waals surface area contributed by atoms with E-state index in [0.717, 1.165) is 38.2 Å². The van der Waals surface area contributed by atoms with Gasteiger partial charge in [0.15, 0.2) is 5.82 Å². The summed E-state index contributed by atoms with van der Waals surface area (Å²) in [5.41, 5.74) is -0.164. The number of hydrogen-bond donors (Lipinski definition) is 3. The predicted molar refractivity (Wildman–Crippen MR) is 72.7 cm³/mol. The SMILES string of the molecule is CN(C1CCCCC1)S(=O)(=O)Nc1cc(C(=O)O)[nH]n1. The predicted octanol–water partition coefficient (Wildman–Crippen LogP) is 1.03. The normalized spacial score (nSPS) is 17.3. The van der Waals surface area contributed by atoms with E-state index in [1.807, 2.05) is 0 Å². The van der Waals surface area contributed by atoms with E-state index in [0.29, 0.717) is 0 Å². The van der Waals surface area contributed by atoms with Gasteiger partial charge in [0.25, 0.3) is 0 Å². The summed E-state index contributed by atoms with van der Waals surface area (Å²) in [6, 6.07) is 1.13. The van der Waals surface area contributed by atoms with Crippen molar-refractivity contribution in [2.75, 3.05) is 11.8 Å². The number of aromatic nitrogens is 2. The molecule has 1 aliphatic rings. The van der Waals surface area contributed by atoms with Gasteiger partial charge in [0.1, 0.15) is 5.69 Å². The molecule has 0 aromatic carbocycles. The van der Waals surface area contributed by atoms with Crippen LogP contribution in [-0.2, 0) is 10.2 Å². The number of hydrogen-bond acceptors (Lipinski definition) is 4. The molecule has 0 amide bonds. The average Bonchev–Trinajstić information content (AvgIpc) is 2.87. The van der Waals surface area contributed by atoms with Gasteiger partial charge in [-0.3, -0.25) is 9.82 Å². The molecule has 8 nitrogen and oxygen atoms in total. The molecule has 0 saturated heterocycles. The first-order chi connectivity index (χ1) is 9.40. The highest BCUT2D eigenvalue weighted by Gasteiger charge is 2.28. The maximum Gasteiger partial charge on any atom is 0.353 e. The Balaban J connectivity index is 2.07. The average molecular weight is 302 g/mol. The van der Waals surface area contributed by atoms with Crippen LogP contribution < -0.4 is 4.72 Å². The van der Waals surface area contributed by atoms with Gasteiger partial charge in [0.05, 0.1) is 0 Å². The summed E-state index contributed by atoms with van der Waals surface area (Å²) >= 11 is 0. The molecule has 1 aromatic heterocycles. The number of nitrogens with one attached hydrogen (secondary N) is 2. The molecule has 3 N–H and O–H groups in total. The summed E-state index contributed by atoms with van der Waals surface area (Å²) in [5.74, 6) is -1.21. The van der Waals surface area contributed by atoms with Gasteiger partial charge < -0.3 is 5.11 Å². The van der Waals surface area contributed by atoms with Gasteiger partial charge in [-0.25, -0.2) is 4.79 Å². The van der Waals surface area contributed by atoms with E-state index in [2.05, 4.69) is 14.9 Å². The molecule has 0 spiro atoms. The fourth-order valence-corrected chi connectivity index (χ4v) is 3.44. The Morgan fingerprint density at radius 3 is 2.65 bits per heavy atom. The lowest BCUT2D eigenvalue weighted by Gasteiger charge is -2.30. The van der Waals surface area contributed by atoms with Crippen LogP contribution in [0.5, 0.6) is 0 Å². The van der Waals surface area contributed by atoms with Crippen molar-refractivity contribution in [3.05, 3.63) is 11.8 Å². The van der Waals surface area contributed by atoms with Gasteiger partial charge in [-0.1, -0.05) is 19.3 Å². The Bertz CT molecular complexity index is 577. The van der Waals surface area contributed by atoms with Crippen LogP contribution in [0, 0.1) is 0 Å². The van der Waals surface area contributed by atoms with Crippen molar-refractivity contribution in [2.45, 2.75) is 38.1 Å². The lowest BCUT2D eigenvalue weighted by atomic mass is 9.96. The number of nitrogens with zero attached hydrogens (tertiary/aromatic N) is 2. The van der Waals surface area contributed by atoms with E-state index < -0.39 is 16.2 Å². The van der Waals surface area contributed by atoms with Crippen LogP contribution in [0.25, 0.3) is 0 Å². The zero-order valence-electron chi connectivity index (χ0n) is 11.2. The van der Waals surface area contributed by atoms with E-state index in [4.69, 9.17) is 5.11 Å². The third-order valence-corrected chi connectivity index (χ3v) is 5.03. The molecule has 0 unspecified atom stereocenters. The van der Waals surface area contributed by atoms with E-state index in [-0.39, 0.29) is 17.6 Å². The molecule has 2 rings (SSSR count). The first kappa shape index (κ1) is 14.8. The quantitative estimate of drug-likeness (QED) is 0.751. The monoisotopic (exact) mass is 302 g/mol. The minimum atomic E-state index is -3.72. The lowest BCUT2D eigenvalue weighted by Crippen LogP contribution is -2.41. The Kier molecular flexibility index (Phi) is 4.29. The van der Waals surface area contributed by atoms with Gasteiger partial charge in [0.2, 0.25) is 0 Å². The summed E-state index contributed by atoms with van der Waals surface area (Å²) < 4.78 is 28.0. The maximum absolute atomic E-state index is 12.2. The molecule has 0 radical (unpaired) electrons. The van der Waals surface area contributed by atoms with Crippen LogP contribution in [0.1, 0.15) is 42.6 Å². The maximum atomic E-state index is 12.2. The Hall–Kier alpha value is -1.61. The highest BCUT2D eigenvalue weighted by Crippen LogP contribution is 2.24. The third kappa shape index (κ3) is 3.28. The van der Waals surface area contributed by atoms with Crippen molar-refractivity contribution in [2.24, 2.45) is 0 Å². The second kappa shape index (κ2) is 5.80. The standard InChI is InChI=1S/C11H18N4O4S/c1-15(8-5-3-2-4-6-8)20(18,19)14-10-7-9(11(16)17)12-13-10/h7-8H,2-6H2,1H3,(H,16,17)(H2,12,13,14). The summed E-state index contributed by atoms with van der Waals surface area (Å²) in [6.45, 7) is 0. The number of carboxylic acid groups (broad SMARTS) is 1. The summed E-state index contributed by atoms with van der Waals surface area (Å²) in [6.07, 6.45) is 4.88. The number of carbonyl (C=O) groups is 1. The number of aromatic carboxylic acids is 1. The number of anilines is 1. The molecule has 1 saturated carbocycles. The number of aromatic amines is 1. The lowest BCUT2D eigenvalue weighted by molar-refractivity contribution is 0.0690. The molecule has 0 bridgehead atoms. The molecule has 1 aromatic rings. The van der Waals surface area contributed by atoms with E-state index in [9.17, 15) is 13.2 Å². The fourth-order valence-electron chi connectivity index (χ4n) is 2.33. The van der Waals surface area contributed by atoms with Gasteiger partial charge in [-0.15, -0.1) is 0 Å². The van der Waals surface area contributed by atoms with Crippen molar-refractivity contribution in [1.29, 1.82) is 0 Å². The van der Waals surface area contributed by atoms with Gasteiger partial charge in [-0.2, -0.15) is 17.8 Å². The Morgan fingerprint density at radius 2 is 2.10 bits per heavy atom. The van der Waals surface area contributed by atoms with E-state index >= 15 is 0 Å². The molecule has 9 heteroatoms. The molecular formula is C11H18N4O4S. The minimum absolute atomic E-state index is 0.0147. The number of rotatable bonds is 5. The summed E-state index contributed by atoms with van der Waals surface area (Å²) in [4.78, 5) is 10.7. The van der Waals surface area contributed by atoms with Crippen molar-refractivity contribution < 1.29 is 18.3 Å². The van der Waals surface area contributed by atoms with Crippen molar-refractivity contribution in [3.63, 3.8) is 0 Å². The largest absolute Gasteiger partial charge is 0.477 e. The Labute approximate surface area is 117 Å². The van der Waals surface area contributed by atoms with Gasteiger partial charge in [0, 0.05) is 19.2 Å². The zero-order valence-corrected chi connectivity index (χ0v) is 12.0. The number of H-pyrrole nitrogens is 1. The smallest absolute Gasteiger partial charge is 0.353 e. The second-order valence-electron chi connectivity index (χ2n) is 4.89. The molecule has 20 heavy (non-hydrogen) atoms. The number of carboxylic acids is 1. The Morgan fingerprint density at radius 1 is 1.45 bits per heavy atom. The van der Waals surface area contributed by atoms with Crippen LogP contribution >= 0.6 is 0 Å². The first-order valence-corrected chi connectivity index (χ1v) is 7.88.